The molecular weight excluding hydrogens is 379 g/mol. The maximum Gasteiger partial charge on any atom is 0.243 e. The first-order valence-corrected chi connectivity index (χ1v) is 9.96. The molecule has 138 valence electrons. The highest BCUT2D eigenvalue weighted by molar-refractivity contribution is 7.89. The third-order valence-corrected chi connectivity index (χ3v) is 6.48. The van der Waals surface area contributed by atoms with Crippen LogP contribution in [0.2, 0.25) is 5.02 Å². The molecule has 1 heterocycles. The number of hydrogen-bond acceptors (Lipinski definition) is 3. The molecule has 2 aromatic rings. The van der Waals surface area contributed by atoms with Crippen molar-refractivity contribution in [3.8, 4) is 0 Å². The fourth-order valence-electron chi connectivity index (χ4n) is 2.86. The van der Waals surface area contributed by atoms with E-state index in [1.165, 1.54) is 22.5 Å². The molecule has 0 spiro atoms. The summed E-state index contributed by atoms with van der Waals surface area (Å²) in [5.41, 5.74) is 0.277. The van der Waals surface area contributed by atoms with Crippen LogP contribution in [0.4, 0.5) is 4.39 Å². The van der Waals surface area contributed by atoms with Crippen molar-refractivity contribution in [3.05, 3.63) is 64.9 Å². The number of nitrogens with zero attached hydrogens (tertiary/aromatic N) is 2. The van der Waals surface area contributed by atoms with Crippen LogP contribution in [0.3, 0.4) is 0 Å². The van der Waals surface area contributed by atoms with E-state index in [-0.39, 0.29) is 54.0 Å². The molecule has 5 nitrogen and oxygen atoms in total. The monoisotopic (exact) mass is 396 g/mol. The summed E-state index contributed by atoms with van der Waals surface area (Å²) in [5, 5.41) is 0.276. The third-order valence-electron chi connectivity index (χ3n) is 4.33. The molecule has 2 aromatic carbocycles. The van der Waals surface area contributed by atoms with Crippen molar-refractivity contribution in [2.24, 2.45) is 0 Å². The maximum atomic E-state index is 13.8. The number of sulfonamides is 1. The highest BCUT2D eigenvalue weighted by Crippen LogP contribution is 2.19. The van der Waals surface area contributed by atoms with E-state index in [0.717, 1.165) is 0 Å². The summed E-state index contributed by atoms with van der Waals surface area (Å²) >= 11 is 5.71. The number of carbonyl (C=O) groups is 1. The van der Waals surface area contributed by atoms with Gasteiger partial charge in [0, 0.05) is 31.2 Å². The Hall–Kier alpha value is -1.96. The quantitative estimate of drug-likeness (QED) is 0.798. The standard InChI is InChI=1S/C18H18ClFN2O3S/c19-15-7-6-14(17(20)13-15)12-18(23)21-8-10-22(11-9-21)26(24,25)16-4-2-1-3-5-16/h1-7,13H,8-12H2. The van der Waals surface area contributed by atoms with Gasteiger partial charge in [-0.3, -0.25) is 4.79 Å². The van der Waals surface area contributed by atoms with Crippen LogP contribution in [0.25, 0.3) is 0 Å². The van der Waals surface area contributed by atoms with Crippen LogP contribution in [0, 0.1) is 5.82 Å². The zero-order valence-corrected chi connectivity index (χ0v) is 15.5. The SMILES string of the molecule is O=C(Cc1ccc(Cl)cc1F)N1CCN(S(=O)(=O)c2ccccc2)CC1. The van der Waals surface area contributed by atoms with Gasteiger partial charge in [0.1, 0.15) is 5.82 Å². The molecule has 26 heavy (non-hydrogen) atoms. The lowest BCUT2D eigenvalue weighted by molar-refractivity contribution is -0.131. The summed E-state index contributed by atoms with van der Waals surface area (Å²) in [5.74, 6) is -0.751. The number of amides is 1. The number of carbonyl (C=O) groups excluding carboxylic acids is 1. The van der Waals surface area contributed by atoms with Crippen molar-refractivity contribution < 1.29 is 17.6 Å². The number of piperazine rings is 1. The number of hydrogen-bond donors (Lipinski definition) is 0. The van der Waals surface area contributed by atoms with E-state index in [1.807, 2.05) is 0 Å². The molecule has 3 rings (SSSR count). The fourth-order valence-corrected chi connectivity index (χ4v) is 4.46. The molecule has 8 heteroatoms. The second kappa shape index (κ2) is 7.73. The molecule has 1 aliphatic rings. The Labute approximate surface area is 157 Å². The first-order chi connectivity index (χ1) is 12.4. The topological polar surface area (TPSA) is 57.7 Å². The Balaban J connectivity index is 1.62. The van der Waals surface area contributed by atoms with Crippen molar-refractivity contribution in [2.45, 2.75) is 11.3 Å². The molecule has 0 bridgehead atoms. The molecule has 0 unspecified atom stereocenters. The third kappa shape index (κ3) is 4.06. The second-order valence-electron chi connectivity index (χ2n) is 6.01. The van der Waals surface area contributed by atoms with Gasteiger partial charge in [-0.15, -0.1) is 0 Å². The Morgan fingerprint density at radius 1 is 1.04 bits per heavy atom. The molecular formula is C18H18ClFN2O3S. The Morgan fingerprint density at radius 3 is 2.31 bits per heavy atom. The van der Waals surface area contributed by atoms with Gasteiger partial charge in [0.05, 0.1) is 11.3 Å². The van der Waals surface area contributed by atoms with E-state index in [9.17, 15) is 17.6 Å². The second-order valence-corrected chi connectivity index (χ2v) is 8.38. The Bertz CT molecular complexity index is 898. The molecule has 0 aliphatic carbocycles. The molecule has 0 aromatic heterocycles. The van der Waals surface area contributed by atoms with Gasteiger partial charge in [0.25, 0.3) is 0 Å². The fraction of sp³-hybridized carbons (Fsp3) is 0.278. The lowest BCUT2D eigenvalue weighted by Crippen LogP contribution is -2.50. The van der Waals surface area contributed by atoms with Gasteiger partial charge in [0.2, 0.25) is 15.9 Å². The highest BCUT2D eigenvalue weighted by Gasteiger charge is 2.30. The molecule has 1 aliphatic heterocycles. The van der Waals surface area contributed by atoms with Crippen LogP contribution >= 0.6 is 11.6 Å². The summed E-state index contributed by atoms with van der Waals surface area (Å²) in [6.07, 6.45) is -0.0750. The summed E-state index contributed by atoms with van der Waals surface area (Å²) in [4.78, 5) is 14.2. The van der Waals surface area contributed by atoms with Crippen LogP contribution in [0.1, 0.15) is 5.56 Å². The van der Waals surface area contributed by atoms with Crippen molar-refractivity contribution >= 4 is 27.5 Å². The lowest BCUT2D eigenvalue weighted by Gasteiger charge is -2.34. The maximum absolute atomic E-state index is 13.8. The molecule has 1 amide bonds. The average Bonchev–Trinajstić information content (AvgIpc) is 2.65. The van der Waals surface area contributed by atoms with E-state index in [1.54, 1.807) is 35.2 Å². The average molecular weight is 397 g/mol. The molecule has 0 N–H and O–H groups in total. The van der Waals surface area contributed by atoms with Crippen LogP contribution in [0.15, 0.2) is 53.4 Å². The molecule has 1 fully saturated rings. The largest absolute Gasteiger partial charge is 0.340 e. The van der Waals surface area contributed by atoms with Crippen molar-refractivity contribution in [3.63, 3.8) is 0 Å². The number of benzene rings is 2. The smallest absolute Gasteiger partial charge is 0.243 e. The highest BCUT2D eigenvalue weighted by atomic mass is 35.5. The van der Waals surface area contributed by atoms with Gasteiger partial charge < -0.3 is 4.90 Å². The van der Waals surface area contributed by atoms with Gasteiger partial charge in [-0.1, -0.05) is 35.9 Å². The molecule has 0 atom stereocenters. The number of rotatable bonds is 4. The van der Waals surface area contributed by atoms with Gasteiger partial charge >= 0.3 is 0 Å². The minimum atomic E-state index is -3.56. The molecule has 0 saturated carbocycles. The van der Waals surface area contributed by atoms with Crippen molar-refractivity contribution in [1.82, 2.24) is 9.21 Å². The Kier molecular flexibility index (Phi) is 5.60. The van der Waals surface area contributed by atoms with Gasteiger partial charge in [-0.2, -0.15) is 4.31 Å². The van der Waals surface area contributed by atoms with Gasteiger partial charge in [-0.25, -0.2) is 12.8 Å². The summed E-state index contributed by atoms with van der Waals surface area (Å²) < 4.78 is 40.4. The molecule has 1 saturated heterocycles. The van der Waals surface area contributed by atoms with Crippen LogP contribution < -0.4 is 0 Å². The first-order valence-electron chi connectivity index (χ1n) is 8.15. The van der Waals surface area contributed by atoms with Crippen LogP contribution in [-0.2, 0) is 21.2 Å². The van der Waals surface area contributed by atoms with Crippen molar-refractivity contribution in [2.75, 3.05) is 26.2 Å². The van der Waals surface area contributed by atoms with Gasteiger partial charge in [-0.05, 0) is 29.8 Å². The van der Waals surface area contributed by atoms with Gasteiger partial charge in [0.15, 0.2) is 0 Å². The minimum absolute atomic E-state index is 0.0750. The zero-order valence-electron chi connectivity index (χ0n) is 13.9. The van der Waals surface area contributed by atoms with E-state index in [2.05, 4.69) is 0 Å². The predicted octanol–water partition coefficient (Wildman–Crippen LogP) is 2.55. The lowest BCUT2D eigenvalue weighted by atomic mass is 10.1. The van der Waals surface area contributed by atoms with E-state index < -0.39 is 15.8 Å². The summed E-state index contributed by atoms with van der Waals surface area (Å²) in [6, 6.07) is 12.4. The number of halogens is 2. The first kappa shape index (κ1) is 18.8. The van der Waals surface area contributed by atoms with E-state index >= 15 is 0 Å². The normalized spacial score (nSPS) is 15.8. The zero-order chi connectivity index (χ0) is 18.7. The molecule has 0 radical (unpaired) electrons. The summed E-state index contributed by atoms with van der Waals surface area (Å²) in [7, 11) is -3.56. The Morgan fingerprint density at radius 2 is 1.69 bits per heavy atom. The van der Waals surface area contributed by atoms with E-state index in [4.69, 9.17) is 11.6 Å². The predicted molar refractivity (Wildman–Crippen MR) is 96.9 cm³/mol. The van der Waals surface area contributed by atoms with Crippen LogP contribution in [0.5, 0.6) is 0 Å². The summed E-state index contributed by atoms with van der Waals surface area (Å²) in [6.45, 7) is 0.984. The van der Waals surface area contributed by atoms with Crippen molar-refractivity contribution in [1.29, 1.82) is 0 Å². The van der Waals surface area contributed by atoms with Crippen LogP contribution in [-0.4, -0.2) is 49.7 Å². The van der Waals surface area contributed by atoms with E-state index in [0.29, 0.717) is 0 Å². The minimum Gasteiger partial charge on any atom is -0.340 e.